The summed E-state index contributed by atoms with van der Waals surface area (Å²) in [6.45, 7) is 3.93. The Morgan fingerprint density at radius 2 is 1.83 bits per heavy atom. The highest BCUT2D eigenvalue weighted by molar-refractivity contribution is 8.00. The lowest BCUT2D eigenvalue weighted by atomic mass is 9.97. The molecule has 5 heteroatoms. The van der Waals surface area contributed by atoms with Crippen molar-refractivity contribution in [2.24, 2.45) is 7.05 Å². The zero-order chi connectivity index (χ0) is 20.5. The smallest absolute Gasteiger partial charge is 0.194 e. The second kappa shape index (κ2) is 7.97. The molecule has 0 bridgehead atoms. The number of fused-ring (bicyclic) bond motifs is 1. The molecule has 1 N–H and O–H groups in total. The number of benzene rings is 3. The van der Waals surface area contributed by atoms with Gasteiger partial charge < -0.3 is 9.29 Å². The number of aryl methyl sites for hydroxylation is 3. The molecule has 4 aromatic rings. The summed E-state index contributed by atoms with van der Waals surface area (Å²) in [6.07, 6.45) is 2.05. The van der Waals surface area contributed by atoms with Gasteiger partial charge in [0.15, 0.2) is 5.78 Å². The maximum Gasteiger partial charge on any atom is 0.194 e. The van der Waals surface area contributed by atoms with Gasteiger partial charge in [0.05, 0.1) is 16.2 Å². The third-order valence-electron chi connectivity index (χ3n) is 5.00. The first-order chi connectivity index (χ1) is 13.9. The van der Waals surface area contributed by atoms with E-state index < -0.39 is 0 Å². The highest BCUT2D eigenvalue weighted by Crippen LogP contribution is 2.31. The van der Waals surface area contributed by atoms with Gasteiger partial charge in [-0.05, 0) is 67.8 Å². The summed E-state index contributed by atoms with van der Waals surface area (Å²) in [4.78, 5) is 13.9. The molecule has 3 nitrogen and oxygen atoms in total. The molecule has 0 aliphatic carbocycles. The van der Waals surface area contributed by atoms with Crippen LogP contribution in [0.5, 0.6) is 0 Å². The molecule has 29 heavy (non-hydrogen) atoms. The monoisotopic (exact) mass is 420 g/mol. The minimum absolute atomic E-state index is 0.0470. The van der Waals surface area contributed by atoms with Gasteiger partial charge in [0.25, 0.3) is 0 Å². The number of carbonyl (C=O) groups is 1. The number of aromatic nitrogens is 1. The van der Waals surface area contributed by atoms with Gasteiger partial charge in [-0.2, -0.15) is 0 Å². The molecule has 146 valence electrons. The number of hydrogen-bond donors (Lipinski definition) is 1. The summed E-state index contributed by atoms with van der Waals surface area (Å²) in [5.74, 6) is -0.0470. The normalized spacial score (nSPS) is 11.0. The molecule has 0 fully saturated rings. The Hall–Kier alpha value is -2.69. The van der Waals surface area contributed by atoms with Gasteiger partial charge >= 0.3 is 0 Å². The van der Waals surface area contributed by atoms with Crippen molar-refractivity contribution in [2.45, 2.75) is 18.7 Å². The van der Waals surface area contributed by atoms with Crippen molar-refractivity contribution in [3.8, 4) is 0 Å². The fraction of sp³-hybridized carbons (Fsp3) is 0.125. The van der Waals surface area contributed by atoms with Crippen LogP contribution in [0.4, 0.5) is 5.69 Å². The van der Waals surface area contributed by atoms with Crippen molar-refractivity contribution < 1.29 is 4.79 Å². The molecule has 1 aromatic heterocycles. The Balaban J connectivity index is 1.56. The maximum absolute atomic E-state index is 13.0. The average Bonchev–Trinajstić information content (AvgIpc) is 3.09. The molecule has 3 aromatic carbocycles. The number of nitrogens with one attached hydrogen (secondary N) is 1. The van der Waals surface area contributed by atoms with Crippen LogP contribution in [-0.4, -0.2) is 10.4 Å². The van der Waals surface area contributed by atoms with Crippen LogP contribution in [-0.2, 0) is 7.05 Å². The molecule has 0 radical (unpaired) electrons. The maximum atomic E-state index is 13.0. The van der Waals surface area contributed by atoms with E-state index in [0.717, 1.165) is 27.2 Å². The quantitative estimate of drug-likeness (QED) is 0.285. The number of nitrogens with zero attached hydrogens (tertiary/aromatic N) is 1. The van der Waals surface area contributed by atoms with E-state index in [1.165, 1.54) is 17.3 Å². The zero-order valence-corrected chi connectivity index (χ0v) is 18.1. The topological polar surface area (TPSA) is 34.0 Å². The minimum atomic E-state index is -0.0470. The highest BCUT2D eigenvalue weighted by Gasteiger charge is 2.16. The molecule has 0 amide bonds. The van der Waals surface area contributed by atoms with Crippen molar-refractivity contribution >= 4 is 45.9 Å². The second-order valence-electron chi connectivity index (χ2n) is 7.16. The van der Waals surface area contributed by atoms with Crippen LogP contribution in [0.2, 0.25) is 5.02 Å². The highest BCUT2D eigenvalue weighted by atomic mass is 35.5. The summed E-state index contributed by atoms with van der Waals surface area (Å²) in [7, 11) is 2.03. The van der Waals surface area contributed by atoms with Crippen LogP contribution in [0, 0.1) is 13.8 Å². The lowest BCUT2D eigenvalue weighted by Crippen LogP contribution is -2.05. The van der Waals surface area contributed by atoms with Crippen LogP contribution in [0.15, 0.2) is 71.8 Å². The fourth-order valence-corrected chi connectivity index (χ4v) is 4.46. The van der Waals surface area contributed by atoms with Crippen LogP contribution in [0.1, 0.15) is 27.0 Å². The van der Waals surface area contributed by atoms with Crippen molar-refractivity contribution in [2.75, 3.05) is 4.72 Å². The number of hydrogen-bond acceptors (Lipinski definition) is 3. The van der Waals surface area contributed by atoms with E-state index in [2.05, 4.69) is 27.5 Å². The molecule has 1 heterocycles. The Morgan fingerprint density at radius 1 is 1.00 bits per heavy atom. The third kappa shape index (κ3) is 3.91. The van der Waals surface area contributed by atoms with Crippen LogP contribution in [0.3, 0.4) is 0 Å². The lowest BCUT2D eigenvalue weighted by Gasteiger charge is -2.11. The fourth-order valence-electron chi connectivity index (χ4n) is 3.42. The van der Waals surface area contributed by atoms with E-state index in [4.69, 9.17) is 11.6 Å². The largest absolute Gasteiger partial charge is 0.349 e. The number of carbonyl (C=O) groups excluding carboxylic acids is 1. The summed E-state index contributed by atoms with van der Waals surface area (Å²) in [5, 5.41) is 1.64. The Kier molecular flexibility index (Phi) is 5.39. The molecule has 0 saturated carbocycles. The van der Waals surface area contributed by atoms with Gasteiger partial charge in [0.2, 0.25) is 0 Å². The number of anilines is 1. The molecule has 0 atom stereocenters. The molecule has 4 rings (SSSR count). The first kappa shape index (κ1) is 19.6. The Morgan fingerprint density at radius 3 is 2.62 bits per heavy atom. The third-order valence-corrected chi connectivity index (χ3v) is 6.12. The molecular weight excluding hydrogens is 400 g/mol. The predicted octanol–water partition coefficient (Wildman–Crippen LogP) is 6.80. The Bertz CT molecular complexity index is 1230. The molecule has 0 spiro atoms. The number of halogens is 1. The molecule has 0 saturated heterocycles. The Labute approximate surface area is 179 Å². The number of para-hydroxylation sites is 1. The summed E-state index contributed by atoms with van der Waals surface area (Å²) in [6, 6.07) is 19.7. The number of rotatable bonds is 5. The van der Waals surface area contributed by atoms with Gasteiger partial charge in [-0.3, -0.25) is 4.79 Å². The van der Waals surface area contributed by atoms with E-state index in [-0.39, 0.29) is 5.78 Å². The van der Waals surface area contributed by atoms with Gasteiger partial charge in [-0.25, -0.2) is 0 Å². The van der Waals surface area contributed by atoms with Gasteiger partial charge in [-0.15, -0.1) is 0 Å². The SMILES string of the molecule is Cc1ccc(C)c(C(=O)c2ccc(SNc3cccc4ccn(C)c34)cc2Cl)c1. The summed E-state index contributed by atoms with van der Waals surface area (Å²) >= 11 is 7.96. The standard InChI is InChI=1S/C24H21ClN2OS/c1-15-7-8-16(2)20(13-15)24(28)19-10-9-18(14-21(19)25)29-26-22-6-4-5-17-11-12-27(3)23(17)22/h4-14,26H,1-3H3. The number of ketones is 1. The van der Waals surface area contributed by atoms with Gasteiger partial charge in [0.1, 0.15) is 0 Å². The molecule has 0 aliphatic rings. The van der Waals surface area contributed by atoms with E-state index >= 15 is 0 Å². The summed E-state index contributed by atoms with van der Waals surface area (Å²) < 4.78 is 5.50. The lowest BCUT2D eigenvalue weighted by molar-refractivity contribution is 0.103. The minimum Gasteiger partial charge on any atom is -0.349 e. The van der Waals surface area contributed by atoms with E-state index in [1.807, 2.05) is 63.5 Å². The van der Waals surface area contributed by atoms with Crippen molar-refractivity contribution in [3.63, 3.8) is 0 Å². The van der Waals surface area contributed by atoms with E-state index in [1.54, 1.807) is 6.07 Å². The van der Waals surface area contributed by atoms with Crippen molar-refractivity contribution in [1.82, 2.24) is 4.57 Å². The predicted molar refractivity (Wildman–Crippen MR) is 123 cm³/mol. The van der Waals surface area contributed by atoms with Crippen LogP contribution in [0.25, 0.3) is 10.9 Å². The molecule has 0 unspecified atom stereocenters. The van der Waals surface area contributed by atoms with Gasteiger partial charge in [0, 0.05) is 34.7 Å². The van der Waals surface area contributed by atoms with Crippen LogP contribution < -0.4 is 4.72 Å². The molecular formula is C24H21ClN2OS. The van der Waals surface area contributed by atoms with Crippen LogP contribution >= 0.6 is 23.5 Å². The zero-order valence-electron chi connectivity index (χ0n) is 16.5. The molecule has 0 aliphatic heterocycles. The average molecular weight is 421 g/mol. The second-order valence-corrected chi connectivity index (χ2v) is 8.45. The van der Waals surface area contributed by atoms with Crippen molar-refractivity contribution in [3.05, 3.63) is 94.1 Å². The van der Waals surface area contributed by atoms with Gasteiger partial charge in [-0.1, -0.05) is 41.4 Å². The first-order valence-corrected chi connectivity index (χ1v) is 10.5. The van der Waals surface area contributed by atoms with E-state index in [9.17, 15) is 4.79 Å². The first-order valence-electron chi connectivity index (χ1n) is 9.32. The van der Waals surface area contributed by atoms with Crippen molar-refractivity contribution in [1.29, 1.82) is 0 Å². The van der Waals surface area contributed by atoms with E-state index in [0.29, 0.717) is 16.1 Å². The summed E-state index contributed by atoms with van der Waals surface area (Å²) in [5.41, 5.74) is 5.41.